The van der Waals surface area contributed by atoms with Crippen molar-refractivity contribution in [3.8, 4) is 0 Å². The van der Waals surface area contributed by atoms with E-state index in [1.165, 1.54) is 16.8 Å². The van der Waals surface area contributed by atoms with Crippen LogP contribution in [0.2, 0.25) is 0 Å². The van der Waals surface area contributed by atoms with E-state index in [9.17, 15) is 9.18 Å². The first kappa shape index (κ1) is 10.5. The van der Waals surface area contributed by atoms with Crippen molar-refractivity contribution in [2.45, 2.75) is 13.5 Å². The molecule has 0 aliphatic rings. The molecule has 0 amide bonds. The SMILES string of the molecule is Cc1[nH]n(Cc2ccc(F)cc2)c(=O)c1N. The van der Waals surface area contributed by atoms with E-state index in [1.54, 1.807) is 19.1 Å². The smallest absolute Gasteiger partial charge is 0.290 e. The molecule has 0 spiro atoms. The lowest BCUT2D eigenvalue weighted by Crippen LogP contribution is -2.19. The van der Waals surface area contributed by atoms with Gasteiger partial charge in [0.05, 0.1) is 12.2 Å². The molecule has 3 N–H and O–H groups in total. The van der Waals surface area contributed by atoms with Gasteiger partial charge in [0, 0.05) is 0 Å². The largest absolute Gasteiger partial charge is 0.393 e. The third-order valence-electron chi connectivity index (χ3n) is 2.44. The van der Waals surface area contributed by atoms with Crippen molar-refractivity contribution < 1.29 is 4.39 Å². The number of hydrogen-bond donors (Lipinski definition) is 2. The van der Waals surface area contributed by atoms with Crippen molar-refractivity contribution in [1.82, 2.24) is 9.78 Å². The molecule has 1 aromatic carbocycles. The van der Waals surface area contributed by atoms with Crippen molar-refractivity contribution in [1.29, 1.82) is 0 Å². The molecule has 0 aliphatic heterocycles. The molecule has 0 atom stereocenters. The van der Waals surface area contributed by atoms with E-state index in [1.807, 2.05) is 0 Å². The van der Waals surface area contributed by atoms with E-state index in [0.717, 1.165) is 5.56 Å². The Morgan fingerprint density at radius 1 is 1.38 bits per heavy atom. The van der Waals surface area contributed by atoms with Crippen LogP contribution in [0.1, 0.15) is 11.3 Å². The van der Waals surface area contributed by atoms with Crippen molar-refractivity contribution in [3.63, 3.8) is 0 Å². The Morgan fingerprint density at radius 3 is 2.50 bits per heavy atom. The maximum Gasteiger partial charge on any atom is 0.290 e. The Labute approximate surface area is 91.5 Å². The molecule has 2 rings (SSSR count). The third kappa shape index (κ3) is 1.84. The minimum Gasteiger partial charge on any atom is -0.393 e. The summed E-state index contributed by atoms with van der Waals surface area (Å²) in [4.78, 5) is 11.6. The molecule has 1 heterocycles. The molecule has 0 radical (unpaired) electrons. The third-order valence-corrected chi connectivity index (χ3v) is 2.44. The summed E-state index contributed by atoms with van der Waals surface area (Å²) >= 11 is 0. The van der Waals surface area contributed by atoms with Gasteiger partial charge < -0.3 is 5.73 Å². The molecule has 5 heteroatoms. The quantitative estimate of drug-likeness (QED) is 0.801. The number of hydrogen-bond acceptors (Lipinski definition) is 2. The summed E-state index contributed by atoms with van der Waals surface area (Å²) in [6.45, 7) is 2.09. The first-order valence-corrected chi connectivity index (χ1v) is 4.87. The van der Waals surface area contributed by atoms with Gasteiger partial charge in [-0.25, -0.2) is 9.07 Å². The first-order valence-electron chi connectivity index (χ1n) is 4.87. The number of aromatic amines is 1. The number of aromatic nitrogens is 2. The number of rotatable bonds is 2. The van der Waals surface area contributed by atoms with Gasteiger partial charge in [-0.05, 0) is 24.6 Å². The van der Waals surface area contributed by atoms with Gasteiger partial charge in [-0.2, -0.15) is 0 Å². The molecule has 0 saturated heterocycles. The maximum atomic E-state index is 12.7. The molecule has 2 aromatic rings. The van der Waals surface area contributed by atoms with Crippen LogP contribution in [0.5, 0.6) is 0 Å². The average molecular weight is 221 g/mol. The average Bonchev–Trinajstić information content (AvgIpc) is 2.50. The van der Waals surface area contributed by atoms with Gasteiger partial charge in [0.15, 0.2) is 0 Å². The number of aryl methyl sites for hydroxylation is 1. The van der Waals surface area contributed by atoms with Crippen LogP contribution in [0.15, 0.2) is 29.1 Å². The van der Waals surface area contributed by atoms with Gasteiger partial charge >= 0.3 is 0 Å². The Hall–Kier alpha value is -2.04. The molecule has 0 unspecified atom stereocenters. The number of nitrogens with one attached hydrogen (secondary N) is 1. The maximum absolute atomic E-state index is 12.7. The summed E-state index contributed by atoms with van der Waals surface area (Å²) in [5.41, 5.74) is 7.01. The second-order valence-electron chi connectivity index (χ2n) is 3.67. The van der Waals surface area contributed by atoms with E-state index in [0.29, 0.717) is 12.2 Å². The topological polar surface area (TPSA) is 63.8 Å². The summed E-state index contributed by atoms with van der Waals surface area (Å²) in [6, 6.07) is 5.99. The van der Waals surface area contributed by atoms with Gasteiger partial charge in [0.2, 0.25) is 0 Å². The van der Waals surface area contributed by atoms with Gasteiger partial charge in [0.1, 0.15) is 11.5 Å². The van der Waals surface area contributed by atoms with Crippen LogP contribution in [0.4, 0.5) is 10.1 Å². The van der Waals surface area contributed by atoms with Crippen LogP contribution < -0.4 is 11.3 Å². The zero-order valence-corrected chi connectivity index (χ0v) is 8.83. The fraction of sp³-hybridized carbons (Fsp3) is 0.182. The summed E-state index contributed by atoms with van der Waals surface area (Å²) in [7, 11) is 0. The lowest BCUT2D eigenvalue weighted by atomic mass is 10.2. The zero-order chi connectivity index (χ0) is 11.7. The highest BCUT2D eigenvalue weighted by Gasteiger charge is 2.07. The minimum absolute atomic E-state index is 0.224. The lowest BCUT2D eigenvalue weighted by Gasteiger charge is -2.01. The van der Waals surface area contributed by atoms with E-state index in [2.05, 4.69) is 5.10 Å². The van der Waals surface area contributed by atoms with E-state index < -0.39 is 0 Å². The second kappa shape index (κ2) is 3.84. The molecule has 0 fully saturated rings. The molecule has 0 bridgehead atoms. The number of benzene rings is 1. The summed E-state index contributed by atoms with van der Waals surface area (Å²) in [6.07, 6.45) is 0. The van der Waals surface area contributed by atoms with Crippen molar-refractivity contribution >= 4 is 5.69 Å². The number of halogens is 1. The van der Waals surface area contributed by atoms with Crippen LogP contribution in [0.3, 0.4) is 0 Å². The first-order chi connectivity index (χ1) is 7.58. The number of nitrogen functional groups attached to an aromatic ring is 1. The van der Waals surface area contributed by atoms with E-state index >= 15 is 0 Å². The van der Waals surface area contributed by atoms with Crippen molar-refractivity contribution in [2.75, 3.05) is 5.73 Å². The van der Waals surface area contributed by atoms with Gasteiger partial charge in [-0.3, -0.25) is 9.89 Å². The Balaban J connectivity index is 2.30. The van der Waals surface area contributed by atoms with Crippen LogP contribution in [0.25, 0.3) is 0 Å². The second-order valence-corrected chi connectivity index (χ2v) is 3.67. The van der Waals surface area contributed by atoms with Crippen LogP contribution >= 0.6 is 0 Å². The fourth-order valence-electron chi connectivity index (χ4n) is 1.50. The molecule has 16 heavy (non-hydrogen) atoms. The molecular formula is C11H12FN3O. The Kier molecular flexibility index (Phi) is 2.52. The van der Waals surface area contributed by atoms with Gasteiger partial charge in [-0.15, -0.1) is 0 Å². The molecule has 0 aliphatic carbocycles. The zero-order valence-electron chi connectivity index (χ0n) is 8.83. The summed E-state index contributed by atoms with van der Waals surface area (Å²) < 4.78 is 14.1. The number of nitrogens with zero attached hydrogens (tertiary/aromatic N) is 1. The minimum atomic E-state index is -0.293. The molecule has 84 valence electrons. The Bertz CT molecular complexity index is 554. The molecule has 1 aromatic heterocycles. The highest BCUT2D eigenvalue weighted by molar-refractivity contribution is 5.39. The molecule has 0 saturated carbocycles. The highest BCUT2D eigenvalue weighted by atomic mass is 19.1. The number of nitrogens with two attached hydrogens (primary N) is 1. The number of anilines is 1. The predicted octanol–water partition coefficient (Wildman–Crippen LogP) is 1.25. The highest BCUT2D eigenvalue weighted by Crippen LogP contribution is 2.05. The Morgan fingerprint density at radius 2 is 2.00 bits per heavy atom. The van der Waals surface area contributed by atoms with Crippen LogP contribution in [-0.4, -0.2) is 9.78 Å². The summed E-state index contributed by atoms with van der Waals surface area (Å²) in [5, 5.41) is 2.86. The molecule has 4 nitrogen and oxygen atoms in total. The van der Waals surface area contributed by atoms with Gasteiger partial charge in [0.25, 0.3) is 5.56 Å². The van der Waals surface area contributed by atoms with Crippen LogP contribution in [0, 0.1) is 12.7 Å². The van der Waals surface area contributed by atoms with E-state index in [4.69, 9.17) is 5.73 Å². The number of H-pyrrole nitrogens is 1. The van der Waals surface area contributed by atoms with Crippen LogP contribution in [-0.2, 0) is 6.54 Å². The normalized spacial score (nSPS) is 10.6. The fourth-order valence-corrected chi connectivity index (χ4v) is 1.50. The summed E-state index contributed by atoms with van der Waals surface area (Å²) in [5.74, 6) is -0.293. The molecular weight excluding hydrogens is 209 g/mol. The van der Waals surface area contributed by atoms with Crippen molar-refractivity contribution in [2.24, 2.45) is 0 Å². The standard InChI is InChI=1S/C11H12FN3O/c1-7-10(13)11(16)15(14-7)6-8-2-4-9(12)5-3-8/h2-5,14H,6,13H2,1H3. The van der Waals surface area contributed by atoms with Crippen molar-refractivity contribution in [3.05, 3.63) is 51.7 Å². The predicted molar refractivity (Wildman–Crippen MR) is 59.7 cm³/mol. The lowest BCUT2D eigenvalue weighted by molar-refractivity contribution is 0.622. The monoisotopic (exact) mass is 221 g/mol. The van der Waals surface area contributed by atoms with E-state index in [-0.39, 0.29) is 17.1 Å². The van der Waals surface area contributed by atoms with Gasteiger partial charge in [-0.1, -0.05) is 12.1 Å².